The first-order chi connectivity index (χ1) is 5.84. The summed E-state index contributed by atoms with van der Waals surface area (Å²) in [7, 11) is 0. The smallest absolute Gasteiger partial charge is 0.147 e. The zero-order chi connectivity index (χ0) is 8.18. The fourth-order valence-corrected chi connectivity index (χ4v) is 3.10. The highest BCUT2D eigenvalue weighted by Crippen LogP contribution is 2.59. The molecular formula is C10H14O2. The predicted molar refractivity (Wildman–Crippen MR) is 43.8 cm³/mol. The van der Waals surface area contributed by atoms with Gasteiger partial charge in [-0.15, -0.1) is 0 Å². The molecule has 3 aliphatic rings. The van der Waals surface area contributed by atoms with Crippen molar-refractivity contribution in [1.82, 2.24) is 0 Å². The zero-order valence-electron chi connectivity index (χ0n) is 7.21. The van der Waals surface area contributed by atoms with E-state index in [2.05, 4.69) is 0 Å². The van der Waals surface area contributed by atoms with Gasteiger partial charge in [0, 0.05) is 12.5 Å². The van der Waals surface area contributed by atoms with Crippen LogP contribution in [0.25, 0.3) is 0 Å². The highest BCUT2D eigenvalue weighted by atomic mass is 16.5. The molecule has 0 aromatic rings. The maximum Gasteiger partial charge on any atom is 0.147 e. The number of hydrogen-bond donors (Lipinski definition) is 0. The van der Waals surface area contributed by atoms with Crippen molar-refractivity contribution in [3.05, 3.63) is 0 Å². The first-order valence-corrected chi connectivity index (χ1v) is 5.00. The van der Waals surface area contributed by atoms with E-state index in [-0.39, 0.29) is 5.41 Å². The number of ether oxygens (including phenoxy) is 1. The molecule has 1 heterocycles. The van der Waals surface area contributed by atoms with Gasteiger partial charge in [-0.3, -0.25) is 4.79 Å². The molecule has 2 nitrogen and oxygen atoms in total. The number of fused-ring (bicyclic) bond motifs is 2. The Hall–Kier alpha value is -0.370. The molecule has 2 aliphatic carbocycles. The Morgan fingerprint density at radius 2 is 2.17 bits per heavy atom. The molecule has 66 valence electrons. The van der Waals surface area contributed by atoms with E-state index < -0.39 is 0 Å². The largest absolute Gasteiger partial charge is 0.376 e. The third-order valence-electron chi connectivity index (χ3n) is 3.94. The Kier molecular flexibility index (Phi) is 1.24. The molecule has 2 saturated carbocycles. The predicted octanol–water partition coefficient (Wildman–Crippen LogP) is 1.53. The molecule has 3 rings (SSSR count). The van der Waals surface area contributed by atoms with Gasteiger partial charge in [-0.2, -0.15) is 0 Å². The van der Waals surface area contributed by atoms with E-state index in [1.807, 2.05) is 0 Å². The number of ketones is 1. The van der Waals surface area contributed by atoms with Gasteiger partial charge in [0.15, 0.2) is 0 Å². The summed E-state index contributed by atoms with van der Waals surface area (Å²) in [6.45, 7) is 0.885. The van der Waals surface area contributed by atoms with Crippen LogP contribution in [0.2, 0.25) is 0 Å². The number of Topliss-reactive ketones (excluding diaryl/α,β-unsaturated/α-hetero) is 1. The van der Waals surface area contributed by atoms with E-state index in [9.17, 15) is 4.79 Å². The number of rotatable bonds is 0. The minimum Gasteiger partial charge on any atom is -0.376 e. The van der Waals surface area contributed by atoms with Crippen LogP contribution in [-0.2, 0) is 9.53 Å². The Bertz CT molecular complexity index is 230. The van der Waals surface area contributed by atoms with Crippen molar-refractivity contribution >= 4 is 5.78 Å². The molecule has 2 unspecified atom stereocenters. The zero-order valence-corrected chi connectivity index (χ0v) is 7.21. The summed E-state index contributed by atoms with van der Waals surface area (Å²) in [5, 5.41) is 0. The molecule has 0 bridgehead atoms. The second kappa shape index (κ2) is 2.11. The van der Waals surface area contributed by atoms with E-state index in [1.165, 1.54) is 6.42 Å². The molecule has 0 radical (unpaired) electrons. The maximum absolute atomic E-state index is 11.7. The van der Waals surface area contributed by atoms with Crippen molar-refractivity contribution in [1.29, 1.82) is 0 Å². The first kappa shape index (κ1) is 7.07. The van der Waals surface area contributed by atoms with Crippen molar-refractivity contribution in [2.45, 2.75) is 38.2 Å². The van der Waals surface area contributed by atoms with Crippen LogP contribution in [0.1, 0.15) is 32.1 Å². The molecule has 12 heavy (non-hydrogen) atoms. The molecule has 1 aliphatic heterocycles. The van der Waals surface area contributed by atoms with Gasteiger partial charge >= 0.3 is 0 Å². The van der Waals surface area contributed by atoms with Crippen LogP contribution in [0.3, 0.4) is 0 Å². The second-order valence-electron chi connectivity index (χ2n) is 4.41. The van der Waals surface area contributed by atoms with Gasteiger partial charge < -0.3 is 4.74 Å². The maximum atomic E-state index is 11.7. The third kappa shape index (κ3) is 0.598. The summed E-state index contributed by atoms with van der Waals surface area (Å²) in [6.07, 6.45) is 5.94. The van der Waals surface area contributed by atoms with Crippen molar-refractivity contribution in [2.75, 3.05) is 6.61 Å². The fourth-order valence-electron chi connectivity index (χ4n) is 3.10. The average molecular weight is 166 g/mol. The van der Waals surface area contributed by atoms with Crippen LogP contribution in [0, 0.1) is 11.3 Å². The first-order valence-electron chi connectivity index (χ1n) is 5.00. The second-order valence-corrected chi connectivity index (χ2v) is 4.41. The molecule has 0 N–H and O–H groups in total. The van der Waals surface area contributed by atoms with Crippen molar-refractivity contribution < 1.29 is 9.53 Å². The van der Waals surface area contributed by atoms with E-state index in [0.717, 1.165) is 32.3 Å². The highest BCUT2D eigenvalue weighted by molar-refractivity contribution is 5.95. The molecule has 2 atom stereocenters. The standard InChI is InChI=1S/C10H14O2/c11-8-7-3-1-6-12-9(7)10(8)4-2-5-10/h7,9H,1-6H2. The number of carbonyl (C=O) groups excluding carboxylic acids is 1. The van der Waals surface area contributed by atoms with Gasteiger partial charge in [0.25, 0.3) is 0 Å². The van der Waals surface area contributed by atoms with Gasteiger partial charge in [0.1, 0.15) is 5.78 Å². The van der Waals surface area contributed by atoms with Gasteiger partial charge in [0.05, 0.1) is 11.5 Å². The van der Waals surface area contributed by atoms with E-state index >= 15 is 0 Å². The lowest BCUT2D eigenvalue weighted by Crippen LogP contribution is -2.67. The van der Waals surface area contributed by atoms with E-state index in [0.29, 0.717) is 17.8 Å². The number of carbonyl (C=O) groups is 1. The number of hydrogen-bond acceptors (Lipinski definition) is 2. The van der Waals surface area contributed by atoms with E-state index in [1.54, 1.807) is 0 Å². The molecule has 0 aromatic carbocycles. The van der Waals surface area contributed by atoms with Crippen molar-refractivity contribution in [2.24, 2.45) is 11.3 Å². The monoisotopic (exact) mass is 166 g/mol. The Morgan fingerprint density at radius 3 is 2.83 bits per heavy atom. The van der Waals surface area contributed by atoms with Crippen LogP contribution < -0.4 is 0 Å². The van der Waals surface area contributed by atoms with E-state index in [4.69, 9.17) is 4.74 Å². The quantitative estimate of drug-likeness (QED) is 0.545. The molecule has 0 aromatic heterocycles. The lowest BCUT2D eigenvalue weighted by molar-refractivity contribution is -0.207. The van der Waals surface area contributed by atoms with Gasteiger partial charge in [-0.1, -0.05) is 6.42 Å². The summed E-state index contributed by atoms with van der Waals surface area (Å²) in [5.74, 6) is 0.817. The van der Waals surface area contributed by atoms with Crippen molar-refractivity contribution in [3.8, 4) is 0 Å². The minimum atomic E-state index is 0.0328. The topological polar surface area (TPSA) is 26.3 Å². The molecule has 1 saturated heterocycles. The average Bonchev–Trinajstić information content (AvgIpc) is 2.01. The van der Waals surface area contributed by atoms with Gasteiger partial charge in [-0.05, 0) is 25.7 Å². The lowest BCUT2D eigenvalue weighted by Gasteiger charge is -2.59. The molecule has 3 fully saturated rings. The normalized spacial score (nSPS) is 43.2. The Labute approximate surface area is 72.3 Å². The summed E-state index contributed by atoms with van der Waals surface area (Å²) in [6, 6.07) is 0. The SMILES string of the molecule is O=C1C2CCCOC2C12CCC2. The van der Waals surface area contributed by atoms with Crippen LogP contribution in [0.15, 0.2) is 0 Å². The molecule has 0 amide bonds. The summed E-state index contributed by atoms with van der Waals surface area (Å²) in [4.78, 5) is 11.7. The van der Waals surface area contributed by atoms with Gasteiger partial charge in [-0.25, -0.2) is 0 Å². The van der Waals surface area contributed by atoms with Crippen LogP contribution in [-0.4, -0.2) is 18.5 Å². The molecule has 2 heteroatoms. The van der Waals surface area contributed by atoms with Crippen LogP contribution >= 0.6 is 0 Å². The Morgan fingerprint density at radius 1 is 1.33 bits per heavy atom. The highest BCUT2D eigenvalue weighted by Gasteiger charge is 2.65. The summed E-state index contributed by atoms with van der Waals surface area (Å²) >= 11 is 0. The fraction of sp³-hybridized carbons (Fsp3) is 0.900. The molecular weight excluding hydrogens is 152 g/mol. The third-order valence-corrected chi connectivity index (χ3v) is 3.94. The minimum absolute atomic E-state index is 0.0328. The van der Waals surface area contributed by atoms with Crippen LogP contribution in [0.4, 0.5) is 0 Å². The summed E-state index contributed by atoms with van der Waals surface area (Å²) in [5.41, 5.74) is 0.0328. The van der Waals surface area contributed by atoms with Crippen LogP contribution in [0.5, 0.6) is 0 Å². The van der Waals surface area contributed by atoms with Gasteiger partial charge in [0.2, 0.25) is 0 Å². The lowest BCUT2D eigenvalue weighted by atomic mass is 9.47. The van der Waals surface area contributed by atoms with Crippen molar-refractivity contribution in [3.63, 3.8) is 0 Å². The summed E-state index contributed by atoms with van der Waals surface area (Å²) < 4.78 is 5.68. The Balaban J connectivity index is 1.85. The molecule has 1 spiro atoms.